The highest BCUT2D eigenvalue weighted by molar-refractivity contribution is 5.97. The summed E-state index contributed by atoms with van der Waals surface area (Å²) in [7, 11) is 0. The van der Waals surface area contributed by atoms with Gasteiger partial charge in [0.1, 0.15) is 0 Å². The van der Waals surface area contributed by atoms with Gasteiger partial charge in [0, 0.05) is 49.7 Å². The highest BCUT2D eigenvalue weighted by atomic mass is 16.5. The van der Waals surface area contributed by atoms with E-state index in [1.54, 1.807) is 75.3 Å². The summed E-state index contributed by atoms with van der Waals surface area (Å²) in [6.07, 6.45) is 2.45. The van der Waals surface area contributed by atoms with Crippen LogP contribution in [0.3, 0.4) is 0 Å². The van der Waals surface area contributed by atoms with Crippen LogP contribution in [0.4, 0.5) is 11.6 Å². The zero-order valence-electron chi connectivity index (χ0n) is 18.9. The van der Waals surface area contributed by atoms with Crippen molar-refractivity contribution in [1.82, 2.24) is 14.9 Å². The van der Waals surface area contributed by atoms with E-state index >= 15 is 0 Å². The van der Waals surface area contributed by atoms with Crippen LogP contribution in [-0.2, 0) is 14.3 Å². The van der Waals surface area contributed by atoms with Crippen LogP contribution >= 0.6 is 0 Å². The van der Waals surface area contributed by atoms with Crippen LogP contribution in [0.2, 0.25) is 0 Å². The van der Waals surface area contributed by atoms with Crippen molar-refractivity contribution in [2.24, 2.45) is 5.41 Å². The van der Waals surface area contributed by atoms with Crippen molar-refractivity contribution >= 4 is 29.4 Å². The largest absolute Gasteiger partial charge is 0.449 e. The summed E-state index contributed by atoms with van der Waals surface area (Å²) < 4.78 is 5.41. The molecule has 1 aliphatic rings. The molecule has 32 heavy (non-hydrogen) atoms. The summed E-state index contributed by atoms with van der Waals surface area (Å²) in [6, 6.07) is 8.25. The molecule has 9 nitrogen and oxygen atoms in total. The lowest BCUT2D eigenvalue weighted by atomic mass is 9.95. The molecular formula is C23H29N5O4. The minimum Gasteiger partial charge on any atom is -0.449 e. The van der Waals surface area contributed by atoms with E-state index in [0.29, 0.717) is 37.8 Å². The number of anilines is 2. The molecule has 1 aromatic carbocycles. The predicted molar refractivity (Wildman–Crippen MR) is 120 cm³/mol. The first-order valence-electron chi connectivity index (χ1n) is 10.6. The number of benzene rings is 1. The van der Waals surface area contributed by atoms with Crippen LogP contribution < -0.4 is 10.2 Å². The average molecular weight is 440 g/mol. The van der Waals surface area contributed by atoms with E-state index in [2.05, 4.69) is 15.3 Å². The summed E-state index contributed by atoms with van der Waals surface area (Å²) in [5, 5.41) is 2.79. The van der Waals surface area contributed by atoms with Gasteiger partial charge in [0.05, 0.1) is 5.56 Å². The molecule has 0 spiro atoms. The Morgan fingerprint density at radius 1 is 1.03 bits per heavy atom. The summed E-state index contributed by atoms with van der Waals surface area (Å²) in [6.45, 7) is 9.18. The molecule has 170 valence electrons. The fourth-order valence-electron chi connectivity index (χ4n) is 3.16. The highest BCUT2D eigenvalue weighted by Crippen LogP contribution is 2.19. The van der Waals surface area contributed by atoms with Gasteiger partial charge in [-0.15, -0.1) is 0 Å². The first-order valence-corrected chi connectivity index (χ1v) is 10.6. The van der Waals surface area contributed by atoms with Crippen LogP contribution in [0.15, 0.2) is 42.7 Å². The van der Waals surface area contributed by atoms with Crippen molar-refractivity contribution in [3.05, 3.63) is 48.3 Å². The van der Waals surface area contributed by atoms with Crippen LogP contribution in [0.25, 0.3) is 0 Å². The number of nitrogens with one attached hydrogen (secondary N) is 1. The molecule has 0 saturated carbocycles. The van der Waals surface area contributed by atoms with Gasteiger partial charge in [-0.25, -0.2) is 14.8 Å². The topological polar surface area (TPSA) is 105 Å². The Kier molecular flexibility index (Phi) is 7.07. The lowest BCUT2D eigenvalue weighted by molar-refractivity contribution is -0.140. The zero-order valence-corrected chi connectivity index (χ0v) is 18.9. The van der Waals surface area contributed by atoms with E-state index < -0.39 is 17.5 Å². The summed E-state index contributed by atoms with van der Waals surface area (Å²) in [5.74, 6) is -0.387. The van der Waals surface area contributed by atoms with Crippen molar-refractivity contribution in [3.8, 4) is 0 Å². The number of rotatable bonds is 5. The number of hydrogen-bond donors (Lipinski definition) is 1. The number of ether oxygens (including phenoxy) is 1. The smallest absolute Gasteiger partial charge is 0.338 e. The SMILES string of the molecule is CC(OC(=O)c1cccc(NC(=O)C(C)(C)C)c1)C(=O)N1CCN(c2ncccn2)CC1. The third-order valence-corrected chi connectivity index (χ3v) is 5.10. The van der Waals surface area contributed by atoms with Gasteiger partial charge in [-0.1, -0.05) is 26.8 Å². The number of aromatic nitrogens is 2. The van der Waals surface area contributed by atoms with Gasteiger partial charge in [-0.3, -0.25) is 9.59 Å². The van der Waals surface area contributed by atoms with E-state index in [-0.39, 0.29) is 17.4 Å². The first kappa shape index (κ1) is 23.2. The van der Waals surface area contributed by atoms with Crippen molar-refractivity contribution in [2.75, 3.05) is 36.4 Å². The molecule has 1 N–H and O–H groups in total. The molecule has 1 saturated heterocycles. The Bertz CT molecular complexity index is 966. The normalized spacial score (nSPS) is 15.1. The molecule has 1 aromatic heterocycles. The van der Waals surface area contributed by atoms with Crippen LogP contribution in [0.5, 0.6) is 0 Å². The molecule has 9 heteroatoms. The summed E-state index contributed by atoms with van der Waals surface area (Å²) in [4.78, 5) is 49.7. The molecule has 1 unspecified atom stereocenters. The number of piperazine rings is 1. The molecule has 0 radical (unpaired) electrons. The van der Waals surface area contributed by atoms with E-state index in [0.717, 1.165) is 0 Å². The number of amides is 2. The Morgan fingerprint density at radius 2 is 1.69 bits per heavy atom. The molecule has 2 amide bonds. The second kappa shape index (κ2) is 9.76. The number of nitrogens with zero attached hydrogens (tertiary/aromatic N) is 4. The standard InChI is InChI=1S/C23H29N5O4/c1-16(19(29)27-11-13-28(14-12-27)22-24-9-6-10-25-22)32-20(30)17-7-5-8-18(15-17)26-21(31)23(2,3)4/h5-10,15-16H,11-14H2,1-4H3,(H,26,31). The second-order valence-electron chi connectivity index (χ2n) is 8.69. The molecule has 0 aliphatic carbocycles. The average Bonchev–Trinajstić information content (AvgIpc) is 2.78. The van der Waals surface area contributed by atoms with E-state index in [4.69, 9.17) is 4.74 Å². The van der Waals surface area contributed by atoms with Gasteiger partial charge in [0.15, 0.2) is 6.10 Å². The fraction of sp³-hybridized carbons (Fsp3) is 0.435. The number of esters is 1. The lowest BCUT2D eigenvalue weighted by Crippen LogP contribution is -2.52. The van der Waals surface area contributed by atoms with Crippen LogP contribution in [-0.4, -0.2) is 64.9 Å². The molecule has 1 atom stereocenters. The Balaban J connectivity index is 1.55. The van der Waals surface area contributed by atoms with Crippen molar-refractivity contribution in [1.29, 1.82) is 0 Å². The molecule has 3 rings (SSSR count). The Morgan fingerprint density at radius 3 is 2.31 bits per heavy atom. The van der Waals surface area contributed by atoms with Gasteiger partial charge >= 0.3 is 5.97 Å². The molecule has 2 heterocycles. The quantitative estimate of drug-likeness (QED) is 0.713. The molecule has 1 fully saturated rings. The fourth-order valence-corrected chi connectivity index (χ4v) is 3.16. The van der Waals surface area contributed by atoms with Crippen LogP contribution in [0.1, 0.15) is 38.1 Å². The van der Waals surface area contributed by atoms with Crippen molar-refractivity contribution in [3.63, 3.8) is 0 Å². The zero-order chi connectivity index (χ0) is 23.3. The van der Waals surface area contributed by atoms with E-state index in [9.17, 15) is 14.4 Å². The third-order valence-electron chi connectivity index (χ3n) is 5.10. The van der Waals surface area contributed by atoms with Crippen LogP contribution in [0, 0.1) is 5.41 Å². The maximum absolute atomic E-state index is 12.8. The van der Waals surface area contributed by atoms with Gasteiger partial charge in [-0.05, 0) is 31.2 Å². The lowest BCUT2D eigenvalue weighted by Gasteiger charge is -2.35. The van der Waals surface area contributed by atoms with Gasteiger partial charge in [0.25, 0.3) is 5.91 Å². The maximum Gasteiger partial charge on any atom is 0.338 e. The summed E-state index contributed by atoms with van der Waals surface area (Å²) >= 11 is 0. The van der Waals surface area contributed by atoms with E-state index in [1.807, 2.05) is 4.90 Å². The number of carbonyl (C=O) groups is 3. The van der Waals surface area contributed by atoms with Gasteiger partial charge in [-0.2, -0.15) is 0 Å². The van der Waals surface area contributed by atoms with E-state index in [1.165, 1.54) is 0 Å². The predicted octanol–water partition coefficient (Wildman–Crippen LogP) is 2.36. The summed E-state index contributed by atoms with van der Waals surface area (Å²) in [5.41, 5.74) is 0.202. The molecule has 2 aromatic rings. The third kappa shape index (κ3) is 5.81. The van der Waals surface area contributed by atoms with Crippen molar-refractivity contribution in [2.45, 2.75) is 33.8 Å². The molecule has 0 bridgehead atoms. The number of hydrogen-bond acceptors (Lipinski definition) is 7. The minimum atomic E-state index is -0.921. The maximum atomic E-state index is 12.8. The Labute approximate surface area is 187 Å². The molecular weight excluding hydrogens is 410 g/mol. The highest BCUT2D eigenvalue weighted by Gasteiger charge is 2.28. The van der Waals surface area contributed by atoms with Gasteiger partial charge < -0.3 is 19.9 Å². The Hall–Kier alpha value is -3.49. The van der Waals surface area contributed by atoms with Gasteiger partial charge in [0.2, 0.25) is 11.9 Å². The number of carbonyl (C=O) groups excluding carboxylic acids is 3. The monoisotopic (exact) mass is 439 g/mol. The second-order valence-corrected chi connectivity index (χ2v) is 8.69. The minimum absolute atomic E-state index is 0.161. The first-order chi connectivity index (χ1) is 15.1. The molecule has 1 aliphatic heterocycles. The van der Waals surface area contributed by atoms with Crippen molar-refractivity contribution < 1.29 is 19.1 Å².